The van der Waals surface area contributed by atoms with Gasteiger partial charge in [0.25, 0.3) is 0 Å². The fourth-order valence-corrected chi connectivity index (χ4v) is 1.41. The summed E-state index contributed by atoms with van der Waals surface area (Å²) < 4.78 is 0. The molecule has 0 bridgehead atoms. The van der Waals surface area contributed by atoms with Crippen molar-refractivity contribution in [1.82, 2.24) is 5.32 Å². The second kappa shape index (κ2) is 4.78. The molecule has 5 N–H and O–H groups in total. The van der Waals surface area contributed by atoms with Crippen LogP contribution in [0.15, 0.2) is 0 Å². The Balaban J connectivity index is 5.00. The highest BCUT2D eigenvalue weighted by Gasteiger charge is 2.44. The lowest BCUT2D eigenvalue weighted by atomic mass is 9.77. The normalized spacial score (nSPS) is 14.8. The molecule has 15 heavy (non-hydrogen) atoms. The summed E-state index contributed by atoms with van der Waals surface area (Å²) in [6, 6.07) is 0. The van der Waals surface area contributed by atoms with Crippen molar-refractivity contribution in [3.05, 3.63) is 0 Å². The maximum Gasteiger partial charge on any atom is 0.405 e. The van der Waals surface area contributed by atoms with Crippen LogP contribution in [0.3, 0.4) is 0 Å². The Hall–Kier alpha value is -0.850. The first kappa shape index (κ1) is 14.2. The van der Waals surface area contributed by atoms with Crippen LogP contribution in [0.4, 0.5) is 4.79 Å². The van der Waals surface area contributed by atoms with Crippen LogP contribution < -0.4 is 5.32 Å². The average Bonchev–Trinajstić information content (AvgIpc) is 2.11. The Morgan fingerprint density at radius 3 is 1.87 bits per heavy atom. The Morgan fingerprint density at radius 2 is 1.67 bits per heavy atom. The van der Waals surface area contributed by atoms with Crippen LogP contribution in [0.25, 0.3) is 0 Å². The van der Waals surface area contributed by atoms with Crippen LogP contribution in [0.5, 0.6) is 0 Å². The summed E-state index contributed by atoms with van der Waals surface area (Å²) >= 11 is 0. The fourth-order valence-electron chi connectivity index (χ4n) is 1.41. The third-order valence-electron chi connectivity index (χ3n) is 2.26. The number of hydrogen-bond acceptors (Lipinski definition) is 4. The van der Waals surface area contributed by atoms with Crippen LogP contribution in [0, 0.1) is 5.41 Å². The van der Waals surface area contributed by atoms with Crippen molar-refractivity contribution in [1.29, 1.82) is 0 Å². The van der Waals surface area contributed by atoms with Crippen LogP contribution >= 0.6 is 0 Å². The number of carboxylic acid groups (broad SMARTS) is 1. The monoisotopic (exact) mass is 221 g/mol. The summed E-state index contributed by atoms with van der Waals surface area (Å²) in [5, 5.41) is 38.7. The van der Waals surface area contributed by atoms with Gasteiger partial charge in [-0.2, -0.15) is 0 Å². The number of rotatable bonds is 4. The van der Waals surface area contributed by atoms with E-state index >= 15 is 0 Å². The number of aliphatic hydroxyl groups is 3. The highest BCUT2D eigenvalue weighted by atomic mass is 16.4. The predicted octanol–water partition coefficient (Wildman–Crippen LogP) is -0.616. The van der Waals surface area contributed by atoms with Gasteiger partial charge in [-0.05, 0) is 5.41 Å². The Labute approximate surface area is 88.5 Å². The van der Waals surface area contributed by atoms with Crippen LogP contribution in [-0.2, 0) is 0 Å². The zero-order chi connectivity index (χ0) is 12.3. The molecule has 0 fully saturated rings. The lowest BCUT2D eigenvalue weighted by Crippen LogP contribution is -2.65. The Bertz CT molecular complexity index is 219. The van der Waals surface area contributed by atoms with Gasteiger partial charge in [0.05, 0.1) is 19.3 Å². The molecule has 0 aromatic rings. The minimum absolute atomic E-state index is 0.659. The molecule has 1 atom stereocenters. The van der Waals surface area contributed by atoms with Gasteiger partial charge in [-0.3, -0.25) is 0 Å². The molecule has 0 heterocycles. The molecule has 0 aliphatic rings. The van der Waals surface area contributed by atoms with Gasteiger partial charge in [-0.1, -0.05) is 20.8 Å². The number of carbonyl (C=O) groups is 1. The number of amides is 1. The smallest absolute Gasteiger partial charge is 0.405 e. The SMILES string of the molecule is CC(C)(C)C(O)C(CO)(CO)NC(=O)O. The molecule has 6 nitrogen and oxygen atoms in total. The van der Waals surface area contributed by atoms with Gasteiger partial charge in [0.2, 0.25) is 0 Å². The predicted molar refractivity (Wildman–Crippen MR) is 53.5 cm³/mol. The van der Waals surface area contributed by atoms with E-state index < -0.39 is 36.4 Å². The zero-order valence-corrected chi connectivity index (χ0v) is 9.19. The standard InChI is InChI=1S/C9H19NO5/c1-8(2,3)6(13)9(4-11,5-12)10-7(14)15/h6,10-13H,4-5H2,1-3H3,(H,14,15). The van der Waals surface area contributed by atoms with E-state index in [1.165, 1.54) is 0 Å². The van der Waals surface area contributed by atoms with Crippen molar-refractivity contribution >= 4 is 6.09 Å². The summed E-state index contributed by atoms with van der Waals surface area (Å²) in [5.74, 6) is 0. The molecular formula is C9H19NO5. The first-order valence-electron chi connectivity index (χ1n) is 4.60. The minimum Gasteiger partial charge on any atom is -0.465 e. The van der Waals surface area contributed by atoms with E-state index in [1.807, 2.05) is 5.32 Å². The van der Waals surface area contributed by atoms with Gasteiger partial charge in [0.15, 0.2) is 0 Å². The molecular weight excluding hydrogens is 202 g/mol. The molecule has 1 unspecified atom stereocenters. The zero-order valence-electron chi connectivity index (χ0n) is 9.19. The summed E-state index contributed by atoms with van der Waals surface area (Å²) in [5.41, 5.74) is -2.29. The van der Waals surface area contributed by atoms with Crippen LogP contribution in [0.1, 0.15) is 20.8 Å². The van der Waals surface area contributed by atoms with E-state index in [4.69, 9.17) is 15.3 Å². The second-order valence-electron chi connectivity index (χ2n) is 4.67. The van der Waals surface area contributed by atoms with E-state index in [1.54, 1.807) is 20.8 Å². The van der Waals surface area contributed by atoms with Gasteiger partial charge < -0.3 is 25.7 Å². The first-order valence-corrected chi connectivity index (χ1v) is 4.60. The van der Waals surface area contributed by atoms with E-state index in [0.717, 1.165) is 0 Å². The summed E-state index contributed by atoms with van der Waals surface area (Å²) in [7, 11) is 0. The number of aliphatic hydroxyl groups excluding tert-OH is 3. The maximum atomic E-state index is 10.5. The van der Waals surface area contributed by atoms with Gasteiger partial charge in [-0.25, -0.2) is 4.79 Å². The molecule has 0 aromatic heterocycles. The Morgan fingerprint density at radius 1 is 1.27 bits per heavy atom. The summed E-state index contributed by atoms with van der Waals surface area (Å²) in [6.07, 6.45) is -2.60. The van der Waals surface area contributed by atoms with Crippen molar-refractivity contribution < 1.29 is 25.2 Å². The highest BCUT2D eigenvalue weighted by Crippen LogP contribution is 2.27. The quantitative estimate of drug-likeness (QED) is 0.435. The van der Waals surface area contributed by atoms with E-state index in [0.29, 0.717) is 0 Å². The van der Waals surface area contributed by atoms with E-state index in [9.17, 15) is 9.90 Å². The molecule has 0 aromatic carbocycles. The lowest BCUT2D eigenvalue weighted by molar-refractivity contribution is -0.0645. The van der Waals surface area contributed by atoms with Crippen molar-refractivity contribution in [2.75, 3.05) is 13.2 Å². The molecule has 0 aliphatic carbocycles. The van der Waals surface area contributed by atoms with E-state index in [-0.39, 0.29) is 0 Å². The Kier molecular flexibility index (Phi) is 4.51. The van der Waals surface area contributed by atoms with Crippen molar-refractivity contribution in [3.63, 3.8) is 0 Å². The minimum atomic E-state index is -1.63. The molecule has 0 saturated carbocycles. The van der Waals surface area contributed by atoms with Gasteiger partial charge in [0.1, 0.15) is 5.54 Å². The van der Waals surface area contributed by atoms with Crippen molar-refractivity contribution in [2.24, 2.45) is 5.41 Å². The van der Waals surface area contributed by atoms with Gasteiger partial charge in [0, 0.05) is 0 Å². The number of nitrogens with one attached hydrogen (secondary N) is 1. The summed E-state index contributed by atoms with van der Waals surface area (Å²) in [4.78, 5) is 10.5. The molecule has 0 saturated heterocycles. The van der Waals surface area contributed by atoms with Gasteiger partial charge in [-0.15, -0.1) is 0 Å². The van der Waals surface area contributed by atoms with Crippen LogP contribution in [0.2, 0.25) is 0 Å². The molecule has 0 aliphatic heterocycles. The molecule has 0 spiro atoms. The average molecular weight is 221 g/mol. The lowest BCUT2D eigenvalue weighted by Gasteiger charge is -2.41. The summed E-state index contributed by atoms with van der Waals surface area (Å²) in [6.45, 7) is 3.70. The second-order valence-corrected chi connectivity index (χ2v) is 4.67. The first-order chi connectivity index (χ1) is 6.69. The van der Waals surface area contributed by atoms with Crippen molar-refractivity contribution in [2.45, 2.75) is 32.4 Å². The molecule has 0 rings (SSSR count). The highest BCUT2D eigenvalue weighted by molar-refractivity contribution is 5.66. The van der Waals surface area contributed by atoms with Crippen molar-refractivity contribution in [3.8, 4) is 0 Å². The number of hydrogen-bond donors (Lipinski definition) is 5. The fraction of sp³-hybridized carbons (Fsp3) is 0.889. The van der Waals surface area contributed by atoms with Crippen LogP contribution in [-0.4, -0.2) is 51.4 Å². The maximum absolute atomic E-state index is 10.5. The third-order valence-corrected chi connectivity index (χ3v) is 2.26. The molecule has 0 radical (unpaired) electrons. The topological polar surface area (TPSA) is 110 Å². The molecule has 1 amide bonds. The van der Waals surface area contributed by atoms with Gasteiger partial charge >= 0.3 is 6.09 Å². The molecule has 90 valence electrons. The molecule has 6 heteroatoms. The third kappa shape index (κ3) is 3.33. The largest absolute Gasteiger partial charge is 0.465 e. The van der Waals surface area contributed by atoms with E-state index in [2.05, 4.69) is 0 Å².